The molecule has 0 aromatic heterocycles. The standard InChI is InChI=1S/C11H16N2O3/c1-11(2,3)16-10(15)12-8-6-5-7-13(4)9(8)14/h5-7,13H,4H2,1-3H3,(H,12,15). The number of carbonyl (C=O) groups excluding carboxylic acids is 2. The van der Waals surface area contributed by atoms with Gasteiger partial charge in [-0.1, -0.05) is 0 Å². The second-order valence-electron chi connectivity index (χ2n) is 4.42. The van der Waals surface area contributed by atoms with Gasteiger partial charge >= 0.3 is 12.0 Å². The SMILES string of the molecule is [CH2-][NH+]1C=CC=C(NC(=O)OC(C)(C)C)C1=O. The lowest BCUT2D eigenvalue weighted by Crippen LogP contribution is -3.06. The van der Waals surface area contributed by atoms with E-state index in [1.165, 1.54) is 6.08 Å². The van der Waals surface area contributed by atoms with E-state index < -0.39 is 11.7 Å². The van der Waals surface area contributed by atoms with Gasteiger partial charge in [0.05, 0.1) is 6.20 Å². The fourth-order valence-electron chi connectivity index (χ4n) is 1.10. The van der Waals surface area contributed by atoms with Gasteiger partial charge in [0.15, 0.2) is 0 Å². The quantitative estimate of drug-likeness (QED) is 0.622. The van der Waals surface area contributed by atoms with Crippen LogP contribution in [0.4, 0.5) is 4.79 Å². The van der Waals surface area contributed by atoms with Gasteiger partial charge in [-0.2, -0.15) is 0 Å². The maximum absolute atomic E-state index is 11.5. The van der Waals surface area contributed by atoms with E-state index in [2.05, 4.69) is 12.4 Å². The normalized spacial score (nSPS) is 20.4. The predicted octanol–water partition coefficient (Wildman–Crippen LogP) is 0.125. The van der Waals surface area contributed by atoms with Crippen LogP contribution in [0.15, 0.2) is 24.0 Å². The largest absolute Gasteiger partial charge is 0.444 e. The molecule has 0 radical (unpaired) electrons. The number of amides is 2. The van der Waals surface area contributed by atoms with E-state index in [1.807, 2.05) is 0 Å². The lowest BCUT2D eigenvalue weighted by molar-refractivity contribution is -0.708. The maximum Gasteiger partial charge on any atom is 0.412 e. The van der Waals surface area contributed by atoms with Crippen molar-refractivity contribution in [3.8, 4) is 0 Å². The minimum absolute atomic E-state index is 0.182. The molecule has 5 heteroatoms. The van der Waals surface area contributed by atoms with Gasteiger partial charge in [-0.25, -0.2) is 9.59 Å². The third kappa shape index (κ3) is 3.51. The van der Waals surface area contributed by atoms with E-state index in [9.17, 15) is 9.59 Å². The van der Waals surface area contributed by atoms with Crippen LogP contribution in [0.3, 0.4) is 0 Å². The predicted molar refractivity (Wildman–Crippen MR) is 57.9 cm³/mol. The van der Waals surface area contributed by atoms with Crippen molar-refractivity contribution in [2.45, 2.75) is 26.4 Å². The van der Waals surface area contributed by atoms with Crippen molar-refractivity contribution >= 4 is 12.0 Å². The second kappa shape index (κ2) is 4.49. The molecule has 2 amide bonds. The first kappa shape index (κ1) is 12.4. The van der Waals surface area contributed by atoms with Crippen molar-refractivity contribution in [2.24, 2.45) is 0 Å². The van der Waals surface area contributed by atoms with Crippen LogP contribution in [0.25, 0.3) is 0 Å². The minimum Gasteiger partial charge on any atom is -0.444 e. The van der Waals surface area contributed by atoms with Crippen LogP contribution in [-0.4, -0.2) is 17.6 Å². The highest BCUT2D eigenvalue weighted by Gasteiger charge is 2.22. The lowest BCUT2D eigenvalue weighted by Gasteiger charge is -2.22. The lowest BCUT2D eigenvalue weighted by atomic mass is 10.2. The highest BCUT2D eigenvalue weighted by Crippen LogP contribution is 2.07. The van der Waals surface area contributed by atoms with Gasteiger partial charge in [0.1, 0.15) is 11.3 Å². The Hall–Kier alpha value is -1.62. The molecule has 0 fully saturated rings. The third-order valence-electron chi connectivity index (χ3n) is 1.73. The van der Waals surface area contributed by atoms with Gasteiger partial charge in [0.25, 0.3) is 0 Å². The average molecular weight is 224 g/mol. The molecule has 1 aliphatic heterocycles. The molecule has 0 saturated heterocycles. The second-order valence-corrected chi connectivity index (χ2v) is 4.42. The van der Waals surface area contributed by atoms with Gasteiger partial charge in [-0.05, 0) is 32.9 Å². The molecular formula is C11H16N2O3. The Morgan fingerprint density at radius 1 is 1.50 bits per heavy atom. The number of alkyl carbamates (subject to hydrolysis) is 1. The summed E-state index contributed by atoms with van der Waals surface area (Å²) in [5.74, 6) is -0.298. The summed E-state index contributed by atoms with van der Waals surface area (Å²) >= 11 is 0. The molecule has 1 unspecified atom stereocenters. The summed E-state index contributed by atoms with van der Waals surface area (Å²) in [4.78, 5) is 23.3. The summed E-state index contributed by atoms with van der Waals surface area (Å²) in [6.07, 6.45) is 4.11. The van der Waals surface area contributed by atoms with Crippen LogP contribution in [0.1, 0.15) is 20.8 Å². The summed E-state index contributed by atoms with van der Waals surface area (Å²) < 4.78 is 5.03. The smallest absolute Gasteiger partial charge is 0.412 e. The number of hydrogen-bond donors (Lipinski definition) is 2. The Morgan fingerprint density at radius 2 is 2.12 bits per heavy atom. The Balaban J connectivity index is 2.61. The molecule has 0 spiro atoms. The fraction of sp³-hybridized carbons (Fsp3) is 0.364. The van der Waals surface area contributed by atoms with Crippen molar-refractivity contribution in [3.63, 3.8) is 0 Å². The van der Waals surface area contributed by atoms with Gasteiger partial charge < -0.3 is 9.64 Å². The molecule has 0 aromatic carbocycles. The van der Waals surface area contributed by atoms with Crippen molar-refractivity contribution in [1.82, 2.24) is 5.32 Å². The van der Waals surface area contributed by atoms with Crippen LogP contribution in [0, 0.1) is 7.05 Å². The number of quaternary nitrogens is 1. The Morgan fingerprint density at radius 3 is 2.69 bits per heavy atom. The zero-order valence-electron chi connectivity index (χ0n) is 9.66. The third-order valence-corrected chi connectivity index (χ3v) is 1.73. The monoisotopic (exact) mass is 224 g/mol. The minimum atomic E-state index is -0.643. The first-order valence-electron chi connectivity index (χ1n) is 4.91. The molecule has 2 N–H and O–H groups in total. The Bertz CT molecular complexity index is 364. The van der Waals surface area contributed by atoms with Crippen LogP contribution >= 0.6 is 0 Å². The van der Waals surface area contributed by atoms with Gasteiger partial charge in [0.2, 0.25) is 0 Å². The van der Waals surface area contributed by atoms with Crippen molar-refractivity contribution < 1.29 is 19.2 Å². The number of nitrogens with one attached hydrogen (secondary N) is 2. The van der Waals surface area contributed by atoms with Crippen LogP contribution in [0.2, 0.25) is 0 Å². The molecule has 1 atom stereocenters. The van der Waals surface area contributed by atoms with E-state index in [1.54, 1.807) is 33.0 Å². The molecule has 5 nitrogen and oxygen atoms in total. The summed E-state index contributed by atoms with van der Waals surface area (Å²) in [6, 6.07) is 0. The number of allylic oxidation sites excluding steroid dienone is 2. The maximum atomic E-state index is 11.5. The summed E-state index contributed by atoms with van der Waals surface area (Å²) in [5, 5.41) is 2.39. The van der Waals surface area contributed by atoms with E-state index in [4.69, 9.17) is 4.74 Å². The van der Waals surface area contributed by atoms with Crippen molar-refractivity contribution in [2.75, 3.05) is 0 Å². The zero-order valence-corrected chi connectivity index (χ0v) is 9.66. The van der Waals surface area contributed by atoms with E-state index in [0.717, 1.165) is 0 Å². The molecule has 1 heterocycles. The first-order chi connectivity index (χ1) is 7.29. The molecule has 0 aliphatic carbocycles. The molecule has 0 bridgehead atoms. The summed E-state index contributed by atoms with van der Waals surface area (Å²) in [5.41, 5.74) is -0.406. The van der Waals surface area contributed by atoms with Crippen LogP contribution < -0.4 is 10.2 Å². The molecule has 1 rings (SSSR count). The molecule has 0 aromatic rings. The topological polar surface area (TPSA) is 59.8 Å². The number of carbonyl (C=O) groups is 2. The summed E-state index contributed by atoms with van der Waals surface area (Å²) in [7, 11) is 3.56. The molecule has 16 heavy (non-hydrogen) atoms. The first-order valence-corrected chi connectivity index (χ1v) is 4.91. The molecule has 88 valence electrons. The summed E-state index contributed by atoms with van der Waals surface area (Å²) in [6.45, 7) is 5.26. The van der Waals surface area contributed by atoms with E-state index in [-0.39, 0.29) is 11.6 Å². The fourth-order valence-corrected chi connectivity index (χ4v) is 1.10. The van der Waals surface area contributed by atoms with Gasteiger partial charge in [0, 0.05) is 0 Å². The highest BCUT2D eigenvalue weighted by atomic mass is 16.6. The van der Waals surface area contributed by atoms with E-state index in [0.29, 0.717) is 4.90 Å². The van der Waals surface area contributed by atoms with Gasteiger partial charge in [-0.15, -0.1) is 7.05 Å². The molecular weight excluding hydrogens is 208 g/mol. The van der Waals surface area contributed by atoms with Crippen LogP contribution in [0.5, 0.6) is 0 Å². The van der Waals surface area contributed by atoms with Crippen LogP contribution in [-0.2, 0) is 9.53 Å². The molecule has 0 saturated carbocycles. The number of hydrogen-bond acceptors (Lipinski definition) is 3. The van der Waals surface area contributed by atoms with Gasteiger partial charge in [-0.3, -0.25) is 5.32 Å². The number of ether oxygens (including phenoxy) is 1. The zero-order chi connectivity index (χ0) is 12.3. The Kier molecular flexibility index (Phi) is 3.49. The van der Waals surface area contributed by atoms with E-state index >= 15 is 0 Å². The van der Waals surface area contributed by atoms with Crippen molar-refractivity contribution in [1.29, 1.82) is 0 Å². The average Bonchev–Trinajstić information content (AvgIpc) is 2.09. The highest BCUT2D eigenvalue weighted by molar-refractivity contribution is 5.91. The number of rotatable bonds is 1. The van der Waals surface area contributed by atoms with Crippen molar-refractivity contribution in [3.05, 3.63) is 31.1 Å². The molecule has 1 aliphatic rings. The Labute approximate surface area is 94.7 Å².